The lowest BCUT2D eigenvalue weighted by molar-refractivity contribution is -0.274. The van der Waals surface area contributed by atoms with Gasteiger partial charge in [-0.15, -0.1) is 18.3 Å². The molecule has 1 aliphatic carbocycles. The van der Waals surface area contributed by atoms with Crippen molar-refractivity contribution in [1.82, 2.24) is 14.6 Å². The van der Waals surface area contributed by atoms with Crippen LogP contribution >= 0.6 is 0 Å². The highest BCUT2D eigenvalue weighted by Crippen LogP contribution is 2.29. The number of aliphatic hydroxyl groups excluding tert-OH is 1. The van der Waals surface area contributed by atoms with Gasteiger partial charge in [-0.2, -0.15) is 0 Å². The Labute approximate surface area is 152 Å². The highest BCUT2D eigenvalue weighted by atomic mass is 19.4. The molecule has 2 aromatic heterocycles. The highest BCUT2D eigenvalue weighted by molar-refractivity contribution is 5.65. The first-order chi connectivity index (χ1) is 12.9. The molecular weight excluding hydrogens is 361 g/mol. The van der Waals surface area contributed by atoms with Gasteiger partial charge in [0.1, 0.15) is 11.6 Å². The first-order valence-electron chi connectivity index (χ1n) is 8.53. The molecule has 0 radical (unpaired) electrons. The highest BCUT2D eigenvalue weighted by Gasteiger charge is 2.31. The van der Waals surface area contributed by atoms with Gasteiger partial charge < -0.3 is 15.2 Å². The predicted molar refractivity (Wildman–Crippen MR) is 92.4 cm³/mol. The monoisotopic (exact) mass is 378 g/mol. The minimum Gasteiger partial charge on any atom is -0.406 e. The summed E-state index contributed by atoms with van der Waals surface area (Å²) in [6.07, 6.45) is -1.23. The molecule has 2 atom stereocenters. The van der Waals surface area contributed by atoms with Gasteiger partial charge in [0.15, 0.2) is 5.65 Å². The normalized spacial score (nSPS) is 20.1. The van der Waals surface area contributed by atoms with Crippen molar-refractivity contribution in [1.29, 1.82) is 0 Å². The molecule has 142 valence electrons. The number of hydrogen-bond donors (Lipinski definition) is 2. The third kappa shape index (κ3) is 3.97. The van der Waals surface area contributed by atoms with Crippen LogP contribution in [0.5, 0.6) is 5.75 Å². The summed E-state index contributed by atoms with van der Waals surface area (Å²) in [7, 11) is 0. The molecule has 0 bridgehead atoms. The lowest BCUT2D eigenvalue weighted by Gasteiger charge is -2.13. The van der Waals surface area contributed by atoms with Crippen LogP contribution in [0.1, 0.15) is 19.3 Å². The summed E-state index contributed by atoms with van der Waals surface area (Å²) < 4.78 is 43.0. The Morgan fingerprint density at radius 2 is 2.04 bits per heavy atom. The minimum atomic E-state index is -4.75. The summed E-state index contributed by atoms with van der Waals surface area (Å²) in [5.41, 5.74) is 1.63. The minimum absolute atomic E-state index is 0.139. The molecule has 0 saturated heterocycles. The van der Waals surface area contributed by atoms with E-state index in [1.807, 2.05) is 0 Å². The molecular formula is C18H17F3N4O2. The zero-order valence-electron chi connectivity index (χ0n) is 14.1. The van der Waals surface area contributed by atoms with Gasteiger partial charge in [-0.25, -0.2) is 9.50 Å². The first-order valence-corrected chi connectivity index (χ1v) is 8.53. The first kappa shape index (κ1) is 17.6. The summed E-state index contributed by atoms with van der Waals surface area (Å²) in [4.78, 5) is 4.25. The SMILES string of the molecule is O[C@@H]1CCC(Nc2ccc3ncc(-c4cccc(OC(F)(F)F)c4)n3n2)C1. The third-order valence-corrected chi connectivity index (χ3v) is 4.48. The van der Waals surface area contributed by atoms with Gasteiger partial charge >= 0.3 is 6.36 Å². The summed E-state index contributed by atoms with van der Waals surface area (Å²) in [6.45, 7) is 0. The number of anilines is 1. The molecule has 6 nitrogen and oxygen atoms in total. The van der Waals surface area contributed by atoms with E-state index in [-0.39, 0.29) is 17.9 Å². The quantitative estimate of drug-likeness (QED) is 0.726. The number of rotatable bonds is 4. The number of fused-ring (bicyclic) bond motifs is 1. The summed E-state index contributed by atoms with van der Waals surface area (Å²) in [5.74, 6) is 0.313. The van der Waals surface area contributed by atoms with Gasteiger partial charge in [0.2, 0.25) is 0 Å². The Hall–Kier alpha value is -2.81. The molecule has 3 aromatic rings. The Morgan fingerprint density at radius 1 is 1.19 bits per heavy atom. The van der Waals surface area contributed by atoms with Gasteiger partial charge in [0, 0.05) is 11.6 Å². The largest absolute Gasteiger partial charge is 0.573 e. The van der Waals surface area contributed by atoms with E-state index in [0.717, 1.165) is 12.8 Å². The van der Waals surface area contributed by atoms with E-state index in [1.165, 1.54) is 18.2 Å². The standard InChI is InChI=1S/C18H17F3N4O2/c19-18(20,21)27-14-3-1-2-11(8-14)15-10-22-17-7-6-16(24-25(15)17)23-12-4-5-13(26)9-12/h1-3,6-8,10,12-13,26H,4-5,9H2,(H,23,24)/t12?,13-/m1/s1. The number of imidazole rings is 1. The Morgan fingerprint density at radius 3 is 2.78 bits per heavy atom. The molecule has 0 aliphatic heterocycles. The summed E-state index contributed by atoms with van der Waals surface area (Å²) >= 11 is 0. The van der Waals surface area contributed by atoms with Crippen LogP contribution < -0.4 is 10.1 Å². The van der Waals surface area contributed by atoms with Crippen molar-refractivity contribution in [2.24, 2.45) is 0 Å². The van der Waals surface area contributed by atoms with Gasteiger partial charge in [-0.05, 0) is 43.5 Å². The van der Waals surface area contributed by atoms with Crippen LogP contribution in [-0.4, -0.2) is 38.2 Å². The molecule has 1 fully saturated rings. The van der Waals surface area contributed by atoms with E-state index in [4.69, 9.17) is 0 Å². The second-order valence-electron chi connectivity index (χ2n) is 6.52. The zero-order chi connectivity index (χ0) is 19.0. The van der Waals surface area contributed by atoms with Crippen molar-refractivity contribution >= 4 is 11.5 Å². The van der Waals surface area contributed by atoms with Crippen LogP contribution in [-0.2, 0) is 0 Å². The maximum Gasteiger partial charge on any atom is 0.573 e. The van der Waals surface area contributed by atoms with E-state index in [1.54, 1.807) is 28.9 Å². The molecule has 4 rings (SSSR count). The Kier molecular flexibility index (Phi) is 4.39. The van der Waals surface area contributed by atoms with Crippen molar-refractivity contribution in [2.45, 2.75) is 37.8 Å². The van der Waals surface area contributed by atoms with Gasteiger partial charge in [-0.1, -0.05) is 12.1 Å². The van der Waals surface area contributed by atoms with Crippen LogP contribution in [0.25, 0.3) is 16.9 Å². The summed E-state index contributed by atoms with van der Waals surface area (Å²) in [6, 6.07) is 9.40. The number of ether oxygens (including phenoxy) is 1. The maximum atomic E-state index is 12.5. The molecule has 27 heavy (non-hydrogen) atoms. The molecule has 2 heterocycles. The lowest BCUT2D eigenvalue weighted by Crippen LogP contribution is -2.18. The molecule has 1 saturated carbocycles. The second kappa shape index (κ2) is 6.73. The van der Waals surface area contributed by atoms with Crippen molar-refractivity contribution in [3.05, 3.63) is 42.6 Å². The van der Waals surface area contributed by atoms with Crippen LogP contribution in [0.2, 0.25) is 0 Å². The van der Waals surface area contributed by atoms with Gasteiger partial charge in [-0.3, -0.25) is 0 Å². The number of hydrogen-bond acceptors (Lipinski definition) is 5. The molecule has 1 aliphatic rings. The van der Waals surface area contributed by atoms with Crippen molar-refractivity contribution in [3.63, 3.8) is 0 Å². The van der Waals surface area contributed by atoms with E-state index in [2.05, 4.69) is 20.1 Å². The van der Waals surface area contributed by atoms with Gasteiger partial charge in [0.05, 0.1) is 18.0 Å². The number of nitrogens with zero attached hydrogens (tertiary/aromatic N) is 3. The van der Waals surface area contributed by atoms with E-state index >= 15 is 0 Å². The second-order valence-corrected chi connectivity index (χ2v) is 6.52. The average molecular weight is 378 g/mol. The van der Waals surface area contributed by atoms with Crippen molar-refractivity contribution in [3.8, 4) is 17.0 Å². The number of alkyl halides is 3. The summed E-state index contributed by atoms with van der Waals surface area (Å²) in [5, 5.41) is 17.4. The number of aliphatic hydroxyl groups is 1. The molecule has 0 spiro atoms. The van der Waals surface area contributed by atoms with Crippen molar-refractivity contribution < 1.29 is 23.0 Å². The fourth-order valence-corrected chi connectivity index (χ4v) is 3.30. The van der Waals surface area contributed by atoms with Crippen molar-refractivity contribution in [2.75, 3.05) is 5.32 Å². The van der Waals surface area contributed by atoms with Gasteiger partial charge in [0.25, 0.3) is 0 Å². The topological polar surface area (TPSA) is 71.7 Å². The lowest BCUT2D eigenvalue weighted by atomic mass is 10.1. The molecule has 0 amide bonds. The Bertz CT molecular complexity index is 957. The fraction of sp³-hybridized carbons (Fsp3) is 0.333. The third-order valence-electron chi connectivity index (χ3n) is 4.48. The molecule has 1 aromatic carbocycles. The number of aromatic nitrogens is 3. The fourth-order valence-electron chi connectivity index (χ4n) is 3.30. The van der Waals surface area contributed by atoms with E-state index in [0.29, 0.717) is 29.1 Å². The molecule has 9 heteroatoms. The maximum absolute atomic E-state index is 12.5. The molecule has 1 unspecified atom stereocenters. The van der Waals surface area contributed by atoms with Crippen LogP contribution in [0.3, 0.4) is 0 Å². The van der Waals surface area contributed by atoms with Crippen LogP contribution in [0.15, 0.2) is 42.6 Å². The average Bonchev–Trinajstić information content (AvgIpc) is 3.19. The predicted octanol–water partition coefficient (Wildman–Crippen LogP) is 3.62. The Balaban J connectivity index is 1.64. The molecule has 2 N–H and O–H groups in total. The number of halogens is 3. The number of nitrogens with one attached hydrogen (secondary N) is 1. The van der Waals surface area contributed by atoms with Crippen LogP contribution in [0.4, 0.5) is 19.0 Å². The van der Waals surface area contributed by atoms with E-state index in [9.17, 15) is 18.3 Å². The zero-order valence-corrected chi connectivity index (χ0v) is 14.1. The smallest absolute Gasteiger partial charge is 0.406 e. The van der Waals surface area contributed by atoms with E-state index < -0.39 is 6.36 Å². The van der Waals surface area contributed by atoms with Crippen LogP contribution in [0, 0.1) is 0 Å². The number of benzene rings is 1.